The molecule has 1 saturated carbocycles. The highest BCUT2D eigenvalue weighted by molar-refractivity contribution is 9.10. The molecule has 4 aliphatic rings. The van der Waals surface area contributed by atoms with Crippen molar-refractivity contribution in [2.24, 2.45) is 17.8 Å². The number of para-hydroxylation sites is 1. The molecule has 3 aromatic rings. The molecule has 2 heterocycles. The molecule has 49 heavy (non-hydrogen) atoms. The first-order chi connectivity index (χ1) is 23.1. The third-order valence-electron chi connectivity index (χ3n) is 9.84. The van der Waals surface area contributed by atoms with E-state index >= 15 is 8.78 Å². The molecule has 2 aliphatic heterocycles. The quantitative estimate of drug-likeness (QED) is 0.0797. The number of phenolic OH excluding ortho intramolecular Hbond substituents is 1. The zero-order valence-electron chi connectivity index (χ0n) is 24.7. The summed E-state index contributed by atoms with van der Waals surface area (Å²) in [4.78, 5) is 51.7. The largest absolute Gasteiger partial charge is 0.504 e. The topological polar surface area (TPSA) is 104 Å². The van der Waals surface area contributed by atoms with E-state index in [1.165, 1.54) is 25.3 Å². The molecule has 2 saturated heterocycles. The van der Waals surface area contributed by atoms with E-state index in [9.17, 15) is 37.5 Å². The van der Waals surface area contributed by atoms with Gasteiger partial charge in [0.2, 0.25) is 17.6 Å². The normalized spacial score (nSPS) is 29.2. The molecule has 6 atom stereocenters. The number of carbonyl (C=O) groups is 4. The van der Waals surface area contributed by atoms with Crippen LogP contribution in [0.4, 0.5) is 33.3 Å². The maximum atomic E-state index is 15.2. The van der Waals surface area contributed by atoms with Crippen molar-refractivity contribution < 1.29 is 51.0 Å². The summed E-state index contributed by atoms with van der Waals surface area (Å²) in [5.74, 6) is -22.6. The van der Waals surface area contributed by atoms with Gasteiger partial charge >= 0.3 is 0 Å². The summed E-state index contributed by atoms with van der Waals surface area (Å²) < 4.78 is 78.9. The molecule has 8 nitrogen and oxygen atoms in total. The Morgan fingerprint density at radius 1 is 0.857 bits per heavy atom. The molecule has 0 unspecified atom stereocenters. The lowest BCUT2D eigenvalue weighted by Gasteiger charge is -2.50. The predicted octanol–water partition coefficient (Wildman–Crippen LogP) is 6.63. The number of aromatic hydroxyl groups is 1. The first-order valence-electron chi connectivity index (χ1n) is 14.6. The maximum Gasteiger partial charge on any atom is 0.258 e. The minimum Gasteiger partial charge on any atom is -0.504 e. The Hall–Kier alpha value is -4.01. The Labute approximate surface area is 292 Å². The van der Waals surface area contributed by atoms with Crippen molar-refractivity contribution >= 4 is 74.1 Å². The van der Waals surface area contributed by atoms with Gasteiger partial charge in [0.25, 0.3) is 11.8 Å². The summed E-state index contributed by atoms with van der Waals surface area (Å²) in [5, 5.41) is 11.4. The van der Waals surface area contributed by atoms with Crippen molar-refractivity contribution in [2.45, 2.75) is 28.5 Å². The molecule has 254 valence electrons. The number of amides is 4. The van der Waals surface area contributed by atoms with E-state index < -0.39 is 104 Å². The van der Waals surface area contributed by atoms with Gasteiger partial charge in [-0.1, -0.05) is 45.8 Å². The van der Waals surface area contributed by atoms with Crippen molar-refractivity contribution in [2.75, 3.05) is 16.9 Å². The number of imide groups is 2. The average molecular weight is 786 g/mol. The highest BCUT2D eigenvalue weighted by Crippen LogP contribution is 2.67. The van der Waals surface area contributed by atoms with Crippen LogP contribution in [0.15, 0.2) is 58.6 Å². The summed E-state index contributed by atoms with van der Waals surface area (Å²) in [6.45, 7) is 0. The molecule has 1 N–H and O–H groups in total. The zero-order chi connectivity index (χ0) is 35.5. The summed E-state index contributed by atoms with van der Waals surface area (Å²) in [6.07, 6.45) is 0.798. The molecule has 7 rings (SSSR count). The number of hydrogen-bond acceptors (Lipinski definition) is 6. The Balaban J connectivity index is 1.47. The van der Waals surface area contributed by atoms with E-state index in [1.54, 1.807) is 30.3 Å². The van der Waals surface area contributed by atoms with Crippen LogP contribution in [0.25, 0.3) is 0 Å². The van der Waals surface area contributed by atoms with Gasteiger partial charge in [0.05, 0.1) is 24.6 Å². The molecule has 3 aromatic carbocycles. The third kappa shape index (κ3) is 4.26. The summed E-state index contributed by atoms with van der Waals surface area (Å²) in [5.41, 5.74) is -1.63. The fraction of sp³-hybridized carbons (Fsp3) is 0.273. The van der Waals surface area contributed by atoms with Crippen molar-refractivity contribution in [3.05, 3.63) is 93.2 Å². The SMILES string of the molecule is COc1cc(Br)cc([C@H]2C3=CC[C@@H]4C(=O)N(c5ccccc5)C(=O)[C@@H]4[C@@H]3C[C@@]3(Cl)C(=O)N(c4c(F)c(F)c(F)c(F)c4F)C(=O)[C@@]23Cl)c1O. The number of allylic oxidation sites excluding steroid dienone is 2. The Bertz CT molecular complexity index is 2040. The number of halogens is 8. The van der Waals surface area contributed by atoms with E-state index in [0.717, 1.165) is 4.90 Å². The van der Waals surface area contributed by atoms with Gasteiger partial charge in [-0.3, -0.25) is 24.1 Å². The second kappa shape index (κ2) is 11.3. The average Bonchev–Trinajstić information content (AvgIpc) is 3.42. The summed E-state index contributed by atoms with van der Waals surface area (Å²) >= 11 is 17.5. The Morgan fingerprint density at radius 3 is 2.08 bits per heavy atom. The predicted molar refractivity (Wildman–Crippen MR) is 168 cm³/mol. The monoisotopic (exact) mass is 784 g/mol. The lowest BCUT2D eigenvalue weighted by Crippen LogP contribution is -2.60. The standard InChI is InChI=1S/C33H20BrCl2F5N2O6/c1-49-18-10-12(34)9-16(27(18)44)20-14-7-8-15-19(29(46)42(28(15)45)13-5-3-2-4-6-13)17(14)11-32(35)30(47)43(31(48)33(20,32)36)26-24(40)22(38)21(37)23(39)25(26)41/h2-7,9-10,15,17,19-20,44H,8,11H2,1H3/t15-,17+,19-,20+,32+,33-/m0/s1. The second-order valence-electron chi connectivity index (χ2n) is 12.1. The van der Waals surface area contributed by atoms with Crippen molar-refractivity contribution in [3.8, 4) is 11.5 Å². The minimum atomic E-state index is -2.80. The number of hydrogen-bond donors (Lipinski definition) is 1. The van der Waals surface area contributed by atoms with E-state index in [0.29, 0.717) is 0 Å². The summed E-state index contributed by atoms with van der Waals surface area (Å²) in [7, 11) is 1.22. The number of methoxy groups -OCH3 is 1. The molecule has 4 amide bonds. The number of anilines is 2. The van der Waals surface area contributed by atoms with Crippen LogP contribution >= 0.6 is 39.1 Å². The van der Waals surface area contributed by atoms with Gasteiger partial charge in [-0.05, 0) is 43.0 Å². The van der Waals surface area contributed by atoms with Gasteiger partial charge in [0.1, 0.15) is 5.69 Å². The molecular formula is C33H20BrCl2F5N2O6. The zero-order valence-corrected chi connectivity index (χ0v) is 27.8. The van der Waals surface area contributed by atoms with Crippen LogP contribution in [-0.4, -0.2) is 45.6 Å². The highest BCUT2D eigenvalue weighted by Gasteiger charge is 2.77. The van der Waals surface area contributed by atoms with Crippen LogP contribution in [0.5, 0.6) is 11.5 Å². The smallest absolute Gasteiger partial charge is 0.258 e. The van der Waals surface area contributed by atoms with E-state index in [1.807, 2.05) is 0 Å². The van der Waals surface area contributed by atoms with Gasteiger partial charge in [-0.25, -0.2) is 26.9 Å². The lowest BCUT2D eigenvalue weighted by molar-refractivity contribution is -0.125. The number of nitrogens with zero attached hydrogens (tertiary/aromatic N) is 2. The molecule has 0 radical (unpaired) electrons. The Morgan fingerprint density at radius 2 is 1.47 bits per heavy atom. The second-order valence-corrected chi connectivity index (χ2v) is 14.2. The number of phenols is 1. The fourth-order valence-electron chi connectivity index (χ4n) is 7.71. The van der Waals surface area contributed by atoms with E-state index in [2.05, 4.69) is 15.9 Å². The number of ether oxygens (including phenoxy) is 1. The van der Waals surface area contributed by atoms with E-state index in [-0.39, 0.29) is 38.4 Å². The van der Waals surface area contributed by atoms with Crippen molar-refractivity contribution in [1.82, 2.24) is 0 Å². The van der Waals surface area contributed by atoms with Crippen LogP contribution < -0.4 is 14.5 Å². The van der Waals surface area contributed by atoms with E-state index in [4.69, 9.17) is 27.9 Å². The molecular weight excluding hydrogens is 766 g/mol. The van der Waals surface area contributed by atoms with Gasteiger partial charge in [-0.15, -0.1) is 23.2 Å². The molecule has 0 spiro atoms. The fourth-order valence-corrected chi connectivity index (χ4v) is 9.10. The number of rotatable bonds is 4. The highest BCUT2D eigenvalue weighted by atomic mass is 79.9. The third-order valence-corrected chi connectivity index (χ3v) is 11.7. The Kier molecular flexibility index (Phi) is 7.69. The number of benzene rings is 3. The van der Waals surface area contributed by atoms with Crippen LogP contribution in [-0.2, 0) is 19.2 Å². The van der Waals surface area contributed by atoms with Gasteiger partial charge in [0, 0.05) is 16.0 Å². The van der Waals surface area contributed by atoms with Crippen molar-refractivity contribution in [1.29, 1.82) is 0 Å². The maximum absolute atomic E-state index is 15.2. The summed E-state index contributed by atoms with van der Waals surface area (Å²) in [6, 6.07) is 10.7. The number of fused-ring (bicyclic) bond motifs is 4. The molecule has 16 heteroatoms. The molecule has 3 fully saturated rings. The van der Waals surface area contributed by atoms with Crippen LogP contribution in [0.2, 0.25) is 0 Å². The first kappa shape index (κ1) is 33.5. The molecule has 2 aliphatic carbocycles. The molecule has 0 bridgehead atoms. The van der Waals surface area contributed by atoms with Gasteiger partial charge in [0.15, 0.2) is 44.5 Å². The molecule has 0 aromatic heterocycles. The van der Waals surface area contributed by atoms with Crippen molar-refractivity contribution in [3.63, 3.8) is 0 Å². The van der Waals surface area contributed by atoms with Crippen LogP contribution in [0.1, 0.15) is 24.3 Å². The lowest BCUT2D eigenvalue weighted by atomic mass is 9.56. The van der Waals surface area contributed by atoms with Crippen LogP contribution in [0, 0.1) is 46.8 Å². The minimum absolute atomic E-state index is 0.0570. The number of carbonyl (C=O) groups excluding carboxylic acids is 4. The first-order valence-corrected chi connectivity index (χ1v) is 16.1. The van der Waals surface area contributed by atoms with Gasteiger partial charge < -0.3 is 9.84 Å². The van der Waals surface area contributed by atoms with Gasteiger partial charge in [-0.2, -0.15) is 0 Å². The number of alkyl halides is 2. The van der Waals surface area contributed by atoms with Crippen LogP contribution in [0.3, 0.4) is 0 Å².